The highest BCUT2D eigenvalue weighted by molar-refractivity contribution is 5.75. The van der Waals surface area contributed by atoms with Crippen LogP contribution in [0.2, 0.25) is 0 Å². The van der Waals surface area contributed by atoms with Crippen molar-refractivity contribution in [2.45, 2.75) is 64.1 Å². The first-order valence-electron chi connectivity index (χ1n) is 8.07. The number of aryl methyl sites for hydroxylation is 1. The first-order valence-corrected chi connectivity index (χ1v) is 8.07. The van der Waals surface area contributed by atoms with Gasteiger partial charge in [0.2, 0.25) is 0 Å². The highest BCUT2D eigenvalue weighted by Gasteiger charge is 2.46. The number of fused-ring (bicyclic) bond motifs is 2. The second kappa shape index (κ2) is 5.80. The van der Waals surface area contributed by atoms with E-state index >= 15 is 0 Å². The van der Waals surface area contributed by atoms with Gasteiger partial charge in [-0.2, -0.15) is 0 Å². The van der Waals surface area contributed by atoms with Crippen molar-refractivity contribution in [3.05, 3.63) is 35.4 Å². The molecule has 2 saturated heterocycles. The van der Waals surface area contributed by atoms with E-state index in [9.17, 15) is 4.79 Å². The number of carbonyl (C=O) groups excluding carboxylic acids is 1. The van der Waals surface area contributed by atoms with Crippen LogP contribution in [0.3, 0.4) is 0 Å². The molecule has 1 aromatic carbocycles. The van der Waals surface area contributed by atoms with Crippen LogP contribution in [0.4, 0.5) is 0 Å². The fourth-order valence-corrected chi connectivity index (χ4v) is 3.85. The van der Waals surface area contributed by atoms with Gasteiger partial charge in [-0.3, -0.25) is 4.79 Å². The van der Waals surface area contributed by atoms with Crippen LogP contribution in [0.1, 0.15) is 50.2 Å². The van der Waals surface area contributed by atoms with Crippen LogP contribution in [0.5, 0.6) is 0 Å². The molecule has 2 heterocycles. The minimum Gasteiger partial charge on any atom is -0.463 e. The number of benzene rings is 1. The van der Waals surface area contributed by atoms with E-state index in [-0.39, 0.29) is 30.0 Å². The summed E-state index contributed by atoms with van der Waals surface area (Å²) in [6.45, 7) is 5.94. The molecule has 114 valence electrons. The monoisotopic (exact) mass is 287 g/mol. The van der Waals surface area contributed by atoms with Gasteiger partial charge in [-0.05, 0) is 45.6 Å². The van der Waals surface area contributed by atoms with Crippen molar-refractivity contribution in [1.29, 1.82) is 0 Å². The summed E-state index contributed by atoms with van der Waals surface area (Å²) in [5.41, 5.74) is 2.54. The van der Waals surface area contributed by atoms with E-state index in [1.54, 1.807) is 0 Å². The summed E-state index contributed by atoms with van der Waals surface area (Å²) < 4.78 is 5.54. The minimum atomic E-state index is -0.0474. The summed E-state index contributed by atoms with van der Waals surface area (Å²) in [4.78, 5) is 12.6. The van der Waals surface area contributed by atoms with Crippen LogP contribution in [-0.4, -0.2) is 24.2 Å². The highest BCUT2D eigenvalue weighted by atomic mass is 16.5. The lowest BCUT2D eigenvalue weighted by Crippen LogP contribution is -2.48. The second-order valence-corrected chi connectivity index (χ2v) is 6.81. The Labute approximate surface area is 127 Å². The van der Waals surface area contributed by atoms with Gasteiger partial charge in [0, 0.05) is 18.0 Å². The second-order valence-electron chi connectivity index (χ2n) is 6.81. The lowest BCUT2D eigenvalue weighted by molar-refractivity contribution is -0.155. The number of nitrogens with one attached hydrogen (secondary N) is 1. The fourth-order valence-electron chi connectivity index (χ4n) is 3.85. The van der Waals surface area contributed by atoms with Gasteiger partial charge in [0.25, 0.3) is 0 Å². The number of esters is 1. The number of rotatable bonds is 3. The number of hydrogen-bond donors (Lipinski definition) is 1. The standard InChI is InChI=1S/C18H25NO2/c1-11(2)21-18(20)17-15(10-14-8-9-16(17)19-14)13-6-4-12(3)5-7-13/h4-7,11,14-17,19H,8-10H2,1-3H3. The summed E-state index contributed by atoms with van der Waals surface area (Å²) in [6, 6.07) is 9.49. The van der Waals surface area contributed by atoms with Crippen molar-refractivity contribution in [2.24, 2.45) is 5.92 Å². The lowest BCUT2D eigenvalue weighted by Gasteiger charge is -2.36. The third-order valence-corrected chi connectivity index (χ3v) is 4.81. The zero-order valence-electron chi connectivity index (χ0n) is 13.1. The molecule has 3 nitrogen and oxygen atoms in total. The fraction of sp³-hybridized carbons (Fsp3) is 0.611. The molecule has 3 rings (SSSR count). The van der Waals surface area contributed by atoms with Crippen LogP contribution >= 0.6 is 0 Å². The van der Waals surface area contributed by atoms with Gasteiger partial charge >= 0.3 is 5.97 Å². The number of ether oxygens (including phenoxy) is 1. The van der Waals surface area contributed by atoms with Gasteiger partial charge < -0.3 is 10.1 Å². The molecule has 2 aliphatic heterocycles. The molecule has 0 amide bonds. The van der Waals surface area contributed by atoms with Gasteiger partial charge in [-0.25, -0.2) is 0 Å². The molecule has 0 spiro atoms. The predicted molar refractivity (Wildman–Crippen MR) is 83.2 cm³/mol. The Morgan fingerprint density at radius 3 is 2.62 bits per heavy atom. The molecule has 21 heavy (non-hydrogen) atoms. The van der Waals surface area contributed by atoms with E-state index < -0.39 is 0 Å². The molecule has 4 atom stereocenters. The summed E-state index contributed by atoms with van der Waals surface area (Å²) in [5, 5.41) is 3.60. The predicted octanol–water partition coefficient (Wildman–Crippen LogP) is 3.17. The molecular formula is C18H25NO2. The van der Waals surface area contributed by atoms with Gasteiger partial charge in [0.15, 0.2) is 0 Å². The Kier molecular flexibility index (Phi) is 4.03. The Balaban J connectivity index is 1.88. The lowest BCUT2D eigenvalue weighted by atomic mass is 9.77. The van der Waals surface area contributed by atoms with Gasteiger partial charge in [0.05, 0.1) is 12.0 Å². The first kappa shape index (κ1) is 14.6. The van der Waals surface area contributed by atoms with E-state index in [1.165, 1.54) is 17.5 Å². The van der Waals surface area contributed by atoms with Crippen molar-refractivity contribution in [3.63, 3.8) is 0 Å². The average Bonchev–Trinajstić information content (AvgIpc) is 2.80. The van der Waals surface area contributed by atoms with E-state index in [4.69, 9.17) is 4.74 Å². The third kappa shape index (κ3) is 2.98. The normalized spacial score (nSPS) is 31.4. The summed E-state index contributed by atoms with van der Waals surface area (Å²) >= 11 is 0. The number of carbonyl (C=O) groups is 1. The van der Waals surface area contributed by atoms with Crippen molar-refractivity contribution in [3.8, 4) is 0 Å². The minimum absolute atomic E-state index is 0.0339. The SMILES string of the molecule is Cc1ccc(C2CC3CCC(N3)C2C(=O)OC(C)C)cc1. The number of piperidine rings is 1. The van der Waals surface area contributed by atoms with Crippen LogP contribution in [0.25, 0.3) is 0 Å². The molecule has 1 N–H and O–H groups in total. The maximum atomic E-state index is 12.6. The van der Waals surface area contributed by atoms with Crippen molar-refractivity contribution in [2.75, 3.05) is 0 Å². The number of hydrogen-bond acceptors (Lipinski definition) is 3. The Morgan fingerprint density at radius 2 is 1.95 bits per heavy atom. The summed E-state index contributed by atoms with van der Waals surface area (Å²) in [7, 11) is 0. The van der Waals surface area contributed by atoms with E-state index in [0.29, 0.717) is 6.04 Å². The summed E-state index contributed by atoms with van der Waals surface area (Å²) in [5.74, 6) is 0.206. The van der Waals surface area contributed by atoms with Crippen LogP contribution in [-0.2, 0) is 9.53 Å². The van der Waals surface area contributed by atoms with Crippen molar-refractivity contribution >= 4 is 5.97 Å². The third-order valence-electron chi connectivity index (χ3n) is 4.81. The molecule has 0 radical (unpaired) electrons. The Hall–Kier alpha value is -1.35. The van der Waals surface area contributed by atoms with Crippen LogP contribution in [0.15, 0.2) is 24.3 Å². The highest BCUT2D eigenvalue weighted by Crippen LogP contribution is 2.42. The molecule has 2 bridgehead atoms. The Bertz CT molecular complexity index is 508. The molecule has 4 unspecified atom stereocenters. The average molecular weight is 287 g/mol. The Morgan fingerprint density at radius 1 is 1.24 bits per heavy atom. The van der Waals surface area contributed by atoms with E-state index in [1.807, 2.05) is 13.8 Å². The molecular weight excluding hydrogens is 262 g/mol. The van der Waals surface area contributed by atoms with E-state index in [2.05, 4.69) is 36.5 Å². The maximum Gasteiger partial charge on any atom is 0.311 e. The molecule has 2 fully saturated rings. The van der Waals surface area contributed by atoms with Crippen LogP contribution < -0.4 is 5.32 Å². The smallest absolute Gasteiger partial charge is 0.311 e. The largest absolute Gasteiger partial charge is 0.463 e. The quantitative estimate of drug-likeness (QED) is 0.868. The zero-order valence-corrected chi connectivity index (χ0v) is 13.1. The molecule has 2 aliphatic rings. The summed E-state index contributed by atoms with van der Waals surface area (Å²) in [6.07, 6.45) is 3.26. The van der Waals surface area contributed by atoms with Gasteiger partial charge in [0.1, 0.15) is 0 Å². The maximum absolute atomic E-state index is 12.6. The van der Waals surface area contributed by atoms with Crippen molar-refractivity contribution < 1.29 is 9.53 Å². The molecule has 0 aromatic heterocycles. The van der Waals surface area contributed by atoms with Crippen LogP contribution in [0, 0.1) is 12.8 Å². The molecule has 0 saturated carbocycles. The molecule has 1 aromatic rings. The van der Waals surface area contributed by atoms with E-state index in [0.717, 1.165) is 12.8 Å². The zero-order chi connectivity index (χ0) is 15.0. The molecule has 0 aliphatic carbocycles. The van der Waals surface area contributed by atoms with Gasteiger partial charge in [-0.1, -0.05) is 29.8 Å². The molecule has 3 heteroatoms. The topological polar surface area (TPSA) is 38.3 Å². The van der Waals surface area contributed by atoms with Crippen molar-refractivity contribution in [1.82, 2.24) is 5.32 Å². The van der Waals surface area contributed by atoms with Gasteiger partial charge in [-0.15, -0.1) is 0 Å². The first-order chi connectivity index (χ1) is 10.0.